The molecule has 70 valence electrons. The molecule has 3 heteroatoms. The van der Waals surface area contributed by atoms with Crippen molar-refractivity contribution in [3.63, 3.8) is 0 Å². The van der Waals surface area contributed by atoms with Gasteiger partial charge in [-0.15, -0.1) is 0 Å². The highest BCUT2D eigenvalue weighted by atomic mass is 16.5. The molecule has 2 heterocycles. The minimum atomic E-state index is -0.156. The third-order valence-corrected chi connectivity index (χ3v) is 2.87. The fourth-order valence-corrected chi connectivity index (χ4v) is 2.09. The number of hydrogen-bond donors (Lipinski definition) is 1. The van der Waals surface area contributed by atoms with Crippen LogP contribution < -0.4 is 0 Å². The molecule has 0 amide bonds. The first kappa shape index (κ1) is 8.48. The van der Waals surface area contributed by atoms with E-state index < -0.39 is 0 Å². The van der Waals surface area contributed by atoms with Gasteiger partial charge in [-0.05, 0) is 19.3 Å². The lowest BCUT2D eigenvalue weighted by atomic mass is 9.85. The molecule has 2 fully saturated rings. The van der Waals surface area contributed by atoms with Crippen LogP contribution in [0.3, 0.4) is 0 Å². The van der Waals surface area contributed by atoms with Crippen molar-refractivity contribution < 1.29 is 14.6 Å². The van der Waals surface area contributed by atoms with E-state index in [-0.39, 0.29) is 11.7 Å². The molecule has 0 aromatic rings. The lowest BCUT2D eigenvalue weighted by Gasteiger charge is -2.41. The van der Waals surface area contributed by atoms with Crippen LogP contribution in [0.4, 0.5) is 0 Å². The Morgan fingerprint density at radius 3 is 2.58 bits per heavy atom. The summed E-state index contributed by atoms with van der Waals surface area (Å²) in [4.78, 5) is 0. The zero-order chi connectivity index (χ0) is 8.44. The first-order chi connectivity index (χ1) is 5.81. The molecule has 0 bridgehead atoms. The van der Waals surface area contributed by atoms with E-state index in [0.29, 0.717) is 6.61 Å². The third kappa shape index (κ3) is 1.63. The fourth-order valence-electron chi connectivity index (χ4n) is 2.09. The molecule has 1 atom stereocenters. The van der Waals surface area contributed by atoms with E-state index in [1.807, 2.05) is 0 Å². The van der Waals surface area contributed by atoms with Crippen LogP contribution in [0.1, 0.15) is 25.7 Å². The predicted octanol–water partition coefficient (Wildman–Crippen LogP) is 0.707. The van der Waals surface area contributed by atoms with E-state index in [2.05, 4.69) is 0 Å². The molecule has 0 radical (unpaired) electrons. The summed E-state index contributed by atoms with van der Waals surface area (Å²) in [6, 6.07) is 0. The van der Waals surface area contributed by atoms with Crippen molar-refractivity contribution in [2.75, 3.05) is 19.8 Å². The number of ether oxygens (including phenoxy) is 2. The van der Waals surface area contributed by atoms with Gasteiger partial charge in [0.1, 0.15) is 0 Å². The lowest BCUT2D eigenvalue weighted by Crippen LogP contribution is -2.45. The van der Waals surface area contributed by atoms with E-state index in [1.165, 1.54) is 0 Å². The molecule has 1 N–H and O–H groups in total. The summed E-state index contributed by atoms with van der Waals surface area (Å²) in [6.45, 7) is 2.28. The maximum Gasteiger partial charge on any atom is 0.0750 e. The Morgan fingerprint density at radius 1 is 1.17 bits per heavy atom. The molecule has 2 aliphatic rings. The van der Waals surface area contributed by atoms with Gasteiger partial charge in [-0.2, -0.15) is 0 Å². The van der Waals surface area contributed by atoms with Crippen molar-refractivity contribution in [1.29, 1.82) is 0 Å². The molecule has 2 rings (SSSR count). The van der Waals surface area contributed by atoms with Crippen LogP contribution in [0.15, 0.2) is 0 Å². The van der Waals surface area contributed by atoms with Crippen molar-refractivity contribution in [2.24, 2.45) is 0 Å². The molecular weight excluding hydrogens is 156 g/mol. The first-order valence-corrected chi connectivity index (χ1v) is 4.71. The summed E-state index contributed by atoms with van der Waals surface area (Å²) in [5, 5.41) is 9.51. The predicted molar refractivity (Wildman–Crippen MR) is 44.0 cm³/mol. The van der Waals surface area contributed by atoms with Crippen LogP contribution in [0.2, 0.25) is 0 Å². The lowest BCUT2D eigenvalue weighted by molar-refractivity contribution is -0.159. The number of aliphatic hydroxyl groups excluding tert-OH is 1. The molecule has 12 heavy (non-hydrogen) atoms. The molecule has 1 unspecified atom stereocenters. The Hall–Kier alpha value is -0.120. The van der Waals surface area contributed by atoms with E-state index in [4.69, 9.17) is 9.47 Å². The molecule has 3 nitrogen and oxygen atoms in total. The summed E-state index contributed by atoms with van der Waals surface area (Å²) in [5.74, 6) is 0. The third-order valence-electron chi connectivity index (χ3n) is 2.87. The Balaban J connectivity index is 1.97. The topological polar surface area (TPSA) is 38.7 Å². The maximum atomic E-state index is 9.51. The minimum Gasteiger partial charge on any atom is -0.393 e. The van der Waals surface area contributed by atoms with Gasteiger partial charge in [0.25, 0.3) is 0 Å². The molecule has 2 aliphatic heterocycles. The largest absolute Gasteiger partial charge is 0.393 e. The summed E-state index contributed by atoms with van der Waals surface area (Å²) >= 11 is 0. The van der Waals surface area contributed by atoms with Crippen LogP contribution >= 0.6 is 0 Å². The number of aliphatic hydroxyl groups is 1. The van der Waals surface area contributed by atoms with Gasteiger partial charge in [-0.1, -0.05) is 0 Å². The molecule has 0 aromatic carbocycles. The Labute approximate surface area is 72.7 Å². The van der Waals surface area contributed by atoms with Gasteiger partial charge in [0, 0.05) is 26.2 Å². The molecule has 2 saturated heterocycles. The molecule has 0 saturated carbocycles. The van der Waals surface area contributed by atoms with E-state index in [1.54, 1.807) is 0 Å². The van der Waals surface area contributed by atoms with Gasteiger partial charge in [0.15, 0.2) is 0 Å². The van der Waals surface area contributed by atoms with Crippen LogP contribution in [0, 0.1) is 0 Å². The minimum absolute atomic E-state index is 0.0457. The zero-order valence-electron chi connectivity index (χ0n) is 7.29. The smallest absolute Gasteiger partial charge is 0.0750 e. The monoisotopic (exact) mass is 172 g/mol. The average Bonchev–Trinajstić information content (AvgIpc) is 2.05. The Bertz CT molecular complexity index is 146. The van der Waals surface area contributed by atoms with Crippen molar-refractivity contribution in [3.8, 4) is 0 Å². The molecule has 0 aliphatic carbocycles. The second-order valence-electron chi connectivity index (χ2n) is 3.79. The second kappa shape index (κ2) is 3.32. The van der Waals surface area contributed by atoms with Crippen LogP contribution in [-0.4, -0.2) is 36.6 Å². The number of hydrogen-bond acceptors (Lipinski definition) is 3. The summed E-state index contributed by atoms with van der Waals surface area (Å²) in [5.41, 5.74) is -0.0457. The van der Waals surface area contributed by atoms with Crippen molar-refractivity contribution >= 4 is 0 Å². The van der Waals surface area contributed by atoms with Crippen molar-refractivity contribution in [1.82, 2.24) is 0 Å². The highest BCUT2D eigenvalue weighted by molar-refractivity contribution is 4.88. The Morgan fingerprint density at radius 2 is 1.92 bits per heavy atom. The quantitative estimate of drug-likeness (QED) is 0.584. The van der Waals surface area contributed by atoms with Gasteiger partial charge in [0.05, 0.1) is 11.7 Å². The standard InChI is InChI=1S/C9H16O3/c10-8-1-4-12-9(7-8)2-5-11-6-3-9/h8,10H,1-7H2. The van der Waals surface area contributed by atoms with E-state index >= 15 is 0 Å². The first-order valence-electron chi connectivity index (χ1n) is 4.71. The highest BCUT2D eigenvalue weighted by Crippen LogP contribution is 2.33. The van der Waals surface area contributed by atoms with Crippen LogP contribution in [-0.2, 0) is 9.47 Å². The van der Waals surface area contributed by atoms with Gasteiger partial charge >= 0.3 is 0 Å². The van der Waals surface area contributed by atoms with Gasteiger partial charge in [-0.25, -0.2) is 0 Å². The molecular formula is C9H16O3. The Kier molecular flexibility index (Phi) is 2.35. The second-order valence-corrected chi connectivity index (χ2v) is 3.79. The van der Waals surface area contributed by atoms with Crippen LogP contribution in [0.5, 0.6) is 0 Å². The molecule has 1 spiro atoms. The summed E-state index contributed by atoms with van der Waals surface area (Å²) < 4.78 is 11.0. The average molecular weight is 172 g/mol. The summed E-state index contributed by atoms with van der Waals surface area (Å²) in [6.07, 6.45) is 3.34. The zero-order valence-corrected chi connectivity index (χ0v) is 7.29. The van der Waals surface area contributed by atoms with Crippen molar-refractivity contribution in [3.05, 3.63) is 0 Å². The number of rotatable bonds is 0. The maximum absolute atomic E-state index is 9.51. The van der Waals surface area contributed by atoms with Crippen LogP contribution in [0.25, 0.3) is 0 Å². The van der Waals surface area contributed by atoms with Crippen molar-refractivity contribution in [2.45, 2.75) is 37.4 Å². The molecule has 0 aromatic heterocycles. The van der Waals surface area contributed by atoms with Gasteiger partial charge < -0.3 is 14.6 Å². The SMILES string of the molecule is OC1CCOC2(CCOCC2)C1. The van der Waals surface area contributed by atoms with E-state index in [0.717, 1.165) is 38.9 Å². The summed E-state index contributed by atoms with van der Waals surface area (Å²) in [7, 11) is 0. The normalized spacial score (nSPS) is 35.2. The fraction of sp³-hybridized carbons (Fsp3) is 1.00. The van der Waals surface area contributed by atoms with E-state index in [9.17, 15) is 5.11 Å². The van der Waals surface area contributed by atoms with Gasteiger partial charge in [0.2, 0.25) is 0 Å². The highest BCUT2D eigenvalue weighted by Gasteiger charge is 2.38. The van der Waals surface area contributed by atoms with Gasteiger partial charge in [-0.3, -0.25) is 0 Å².